The van der Waals surface area contributed by atoms with Gasteiger partial charge in [0.25, 0.3) is 0 Å². The Hall–Kier alpha value is -1.13. The monoisotopic (exact) mass is 347 g/mol. The van der Waals surface area contributed by atoms with Gasteiger partial charge in [0.05, 0.1) is 5.69 Å². The molecule has 0 saturated carbocycles. The molecular weight excluding hydrogens is 326 g/mol. The van der Waals surface area contributed by atoms with Crippen molar-refractivity contribution < 1.29 is 0 Å². The fourth-order valence-electron chi connectivity index (χ4n) is 2.98. The van der Waals surface area contributed by atoms with Gasteiger partial charge in [0.2, 0.25) is 0 Å². The number of rotatable bonds is 5. The number of aromatic nitrogens is 2. The van der Waals surface area contributed by atoms with Gasteiger partial charge in [-0.1, -0.05) is 41.1 Å². The first-order chi connectivity index (χ1) is 10.1. The van der Waals surface area contributed by atoms with Crippen molar-refractivity contribution in [3.05, 3.63) is 52.3 Å². The molecular formula is C17H22BrN3. The van der Waals surface area contributed by atoms with E-state index in [1.807, 2.05) is 0 Å². The van der Waals surface area contributed by atoms with E-state index < -0.39 is 0 Å². The van der Waals surface area contributed by atoms with Crippen molar-refractivity contribution in [2.45, 2.75) is 38.1 Å². The molecule has 0 spiro atoms. The standard InChI is InChI=1S/C17H22BrN3/c1-3-13(2)21-9-8-14(20-21)10-17(11-19-12-17)15-6-4-5-7-16(15)18/h4-9,13,19H,3,10-12H2,1-2H3. The minimum absolute atomic E-state index is 0.175. The van der Waals surface area contributed by atoms with E-state index in [2.05, 4.69) is 76.3 Å². The molecule has 1 atom stereocenters. The van der Waals surface area contributed by atoms with Crippen molar-refractivity contribution >= 4 is 15.9 Å². The molecule has 112 valence electrons. The Labute approximate surface area is 134 Å². The molecule has 4 heteroatoms. The van der Waals surface area contributed by atoms with Crippen LogP contribution in [0.5, 0.6) is 0 Å². The molecule has 21 heavy (non-hydrogen) atoms. The number of nitrogens with one attached hydrogen (secondary N) is 1. The summed E-state index contributed by atoms with van der Waals surface area (Å²) in [6.07, 6.45) is 4.22. The molecule has 1 fully saturated rings. The summed E-state index contributed by atoms with van der Waals surface area (Å²) in [7, 11) is 0. The van der Waals surface area contributed by atoms with Gasteiger partial charge in [-0.3, -0.25) is 4.68 Å². The van der Waals surface area contributed by atoms with Gasteiger partial charge in [-0.15, -0.1) is 0 Å². The lowest BCUT2D eigenvalue weighted by Gasteiger charge is -2.43. The van der Waals surface area contributed by atoms with E-state index in [4.69, 9.17) is 5.10 Å². The van der Waals surface area contributed by atoms with Crippen LogP contribution in [0.15, 0.2) is 41.0 Å². The molecule has 1 N–H and O–H groups in total. The second-order valence-corrected chi connectivity index (χ2v) is 6.94. The Morgan fingerprint density at radius 2 is 2.10 bits per heavy atom. The highest BCUT2D eigenvalue weighted by Crippen LogP contribution is 2.36. The lowest BCUT2D eigenvalue weighted by Crippen LogP contribution is -2.58. The summed E-state index contributed by atoms with van der Waals surface area (Å²) in [6.45, 7) is 6.45. The van der Waals surface area contributed by atoms with Crippen LogP contribution in [0.25, 0.3) is 0 Å². The van der Waals surface area contributed by atoms with Crippen LogP contribution in [0, 0.1) is 0 Å². The largest absolute Gasteiger partial charge is 0.315 e. The zero-order valence-electron chi connectivity index (χ0n) is 12.6. The molecule has 1 aromatic heterocycles. The summed E-state index contributed by atoms with van der Waals surface area (Å²) >= 11 is 3.71. The first kappa shape index (κ1) is 14.8. The molecule has 1 unspecified atom stereocenters. The molecule has 2 heterocycles. The van der Waals surface area contributed by atoms with E-state index in [0.717, 1.165) is 25.9 Å². The predicted octanol–water partition coefficient (Wildman–Crippen LogP) is 3.70. The van der Waals surface area contributed by atoms with Gasteiger partial charge in [0.1, 0.15) is 0 Å². The van der Waals surface area contributed by atoms with Gasteiger partial charge in [-0.2, -0.15) is 5.10 Å². The van der Waals surface area contributed by atoms with E-state index in [-0.39, 0.29) is 5.41 Å². The second kappa shape index (κ2) is 5.93. The van der Waals surface area contributed by atoms with Gasteiger partial charge in [-0.25, -0.2) is 0 Å². The highest BCUT2D eigenvalue weighted by Gasteiger charge is 2.40. The second-order valence-electron chi connectivity index (χ2n) is 6.08. The fourth-order valence-corrected chi connectivity index (χ4v) is 3.68. The smallest absolute Gasteiger partial charge is 0.0634 e. The zero-order valence-corrected chi connectivity index (χ0v) is 14.2. The average molecular weight is 348 g/mol. The van der Waals surface area contributed by atoms with Crippen molar-refractivity contribution in [1.82, 2.24) is 15.1 Å². The third-order valence-corrected chi connectivity index (χ3v) is 5.29. The third-order valence-electron chi connectivity index (χ3n) is 4.60. The average Bonchev–Trinajstić information content (AvgIpc) is 2.91. The molecule has 1 aromatic carbocycles. The van der Waals surface area contributed by atoms with E-state index in [9.17, 15) is 0 Å². The van der Waals surface area contributed by atoms with Crippen molar-refractivity contribution in [3.8, 4) is 0 Å². The van der Waals surface area contributed by atoms with E-state index in [0.29, 0.717) is 6.04 Å². The molecule has 3 nitrogen and oxygen atoms in total. The summed E-state index contributed by atoms with van der Waals surface area (Å²) in [5.41, 5.74) is 2.75. The number of hydrogen-bond donors (Lipinski definition) is 1. The molecule has 1 aliphatic heterocycles. The minimum atomic E-state index is 0.175. The van der Waals surface area contributed by atoms with Gasteiger partial charge >= 0.3 is 0 Å². The van der Waals surface area contributed by atoms with E-state index in [1.165, 1.54) is 15.7 Å². The highest BCUT2D eigenvalue weighted by atomic mass is 79.9. The Bertz CT molecular complexity index is 616. The van der Waals surface area contributed by atoms with Crippen LogP contribution in [0.2, 0.25) is 0 Å². The van der Waals surface area contributed by atoms with Crippen LogP contribution in [0.4, 0.5) is 0 Å². The van der Waals surface area contributed by atoms with Crippen molar-refractivity contribution in [3.63, 3.8) is 0 Å². The molecule has 0 amide bonds. The minimum Gasteiger partial charge on any atom is -0.315 e. The maximum atomic E-state index is 4.78. The van der Waals surface area contributed by atoms with Crippen LogP contribution in [0.3, 0.4) is 0 Å². The maximum absolute atomic E-state index is 4.78. The van der Waals surface area contributed by atoms with Crippen LogP contribution in [0.1, 0.15) is 37.6 Å². The maximum Gasteiger partial charge on any atom is 0.0634 e. The first-order valence-electron chi connectivity index (χ1n) is 7.64. The number of nitrogens with zero attached hydrogens (tertiary/aromatic N) is 2. The molecule has 1 saturated heterocycles. The number of benzene rings is 1. The third kappa shape index (κ3) is 2.79. The number of halogens is 1. The Morgan fingerprint density at radius 1 is 1.33 bits per heavy atom. The van der Waals surface area contributed by atoms with E-state index >= 15 is 0 Å². The summed E-state index contributed by atoms with van der Waals surface area (Å²) in [4.78, 5) is 0. The van der Waals surface area contributed by atoms with Crippen LogP contribution < -0.4 is 5.32 Å². The topological polar surface area (TPSA) is 29.9 Å². The quantitative estimate of drug-likeness (QED) is 0.893. The van der Waals surface area contributed by atoms with Crippen LogP contribution >= 0.6 is 15.9 Å². The van der Waals surface area contributed by atoms with Gasteiger partial charge in [0, 0.05) is 41.6 Å². The lowest BCUT2D eigenvalue weighted by atomic mass is 9.72. The predicted molar refractivity (Wildman–Crippen MR) is 89.6 cm³/mol. The summed E-state index contributed by atoms with van der Waals surface area (Å²) in [5, 5.41) is 8.21. The summed E-state index contributed by atoms with van der Waals surface area (Å²) in [6, 6.07) is 11.2. The zero-order chi connectivity index (χ0) is 14.9. The first-order valence-corrected chi connectivity index (χ1v) is 8.44. The molecule has 2 aromatic rings. The van der Waals surface area contributed by atoms with Crippen molar-refractivity contribution in [2.24, 2.45) is 0 Å². The number of hydrogen-bond acceptors (Lipinski definition) is 2. The molecule has 0 bridgehead atoms. The SMILES string of the molecule is CCC(C)n1ccc(CC2(c3ccccc3Br)CNC2)n1. The molecule has 3 rings (SSSR count). The Kier molecular flexibility index (Phi) is 4.18. The molecule has 1 aliphatic rings. The van der Waals surface area contributed by atoms with Crippen LogP contribution in [-0.2, 0) is 11.8 Å². The Balaban J connectivity index is 1.85. The van der Waals surface area contributed by atoms with Crippen molar-refractivity contribution in [1.29, 1.82) is 0 Å². The van der Waals surface area contributed by atoms with Gasteiger partial charge < -0.3 is 5.32 Å². The lowest BCUT2D eigenvalue weighted by molar-refractivity contribution is 0.270. The van der Waals surface area contributed by atoms with Gasteiger partial charge in [-0.05, 0) is 31.0 Å². The van der Waals surface area contributed by atoms with Crippen molar-refractivity contribution in [2.75, 3.05) is 13.1 Å². The summed E-state index contributed by atoms with van der Waals surface area (Å²) < 4.78 is 3.29. The molecule has 0 aliphatic carbocycles. The normalized spacial score (nSPS) is 18.2. The van der Waals surface area contributed by atoms with Gasteiger partial charge in [0.15, 0.2) is 0 Å². The summed E-state index contributed by atoms with van der Waals surface area (Å²) in [5.74, 6) is 0. The molecule has 0 radical (unpaired) electrons. The fraction of sp³-hybridized carbons (Fsp3) is 0.471. The van der Waals surface area contributed by atoms with E-state index in [1.54, 1.807) is 0 Å². The Morgan fingerprint density at radius 3 is 2.71 bits per heavy atom. The van der Waals surface area contributed by atoms with Crippen LogP contribution in [-0.4, -0.2) is 22.9 Å². The highest BCUT2D eigenvalue weighted by molar-refractivity contribution is 9.10.